The Bertz CT molecular complexity index is 999. The molecule has 1 aliphatic heterocycles. The lowest BCUT2D eigenvalue weighted by Gasteiger charge is -2.34. The zero-order valence-electron chi connectivity index (χ0n) is 15.8. The molecule has 1 saturated heterocycles. The van der Waals surface area contributed by atoms with Crippen LogP contribution in [0.2, 0.25) is 0 Å². The van der Waals surface area contributed by atoms with Gasteiger partial charge in [0.05, 0.1) is 12.2 Å². The van der Waals surface area contributed by atoms with E-state index < -0.39 is 0 Å². The molecule has 0 aromatic carbocycles. The summed E-state index contributed by atoms with van der Waals surface area (Å²) in [7, 11) is 0. The molecule has 0 unspecified atom stereocenters. The van der Waals surface area contributed by atoms with Gasteiger partial charge in [-0.25, -0.2) is 14.5 Å². The molecular formula is C19H21N7O2S. The molecule has 0 saturated carbocycles. The first-order valence-corrected chi connectivity index (χ1v) is 10.2. The number of nitrogens with one attached hydrogen (secondary N) is 1. The molecular weight excluding hydrogens is 390 g/mol. The number of hydrogen-bond acceptors (Lipinski definition) is 7. The van der Waals surface area contributed by atoms with Crippen LogP contribution >= 0.6 is 11.3 Å². The van der Waals surface area contributed by atoms with E-state index in [1.54, 1.807) is 29.6 Å². The van der Waals surface area contributed by atoms with Crippen molar-refractivity contribution >= 4 is 22.5 Å². The first kappa shape index (κ1) is 19.2. The van der Waals surface area contributed by atoms with Crippen LogP contribution in [0.15, 0.2) is 53.0 Å². The molecule has 0 radical (unpaired) electrons. The van der Waals surface area contributed by atoms with Crippen LogP contribution in [0.25, 0.3) is 11.3 Å². The Labute approximate surface area is 171 Å². The largest absolute Gasteiger partial charge is 0.323 e. The minimum atomic E-state index is -0.126. The number of thiazole rings is 1. The number of carbonyl (C=O) groups is 1. The maximum Gasteiger partial charge on any atom is 0.323 e. The van der Waals surface area contributed by atoms with Crippen LogP contribution < -0.4 is 10.9 Å². The fourth-order valence-electron chi connectivity index (χ4n) is 3.14. The Morgan fingerprint density at radius 1 is 1.10 bits per heavy atom. The van der Waals surface area contributed by atoms with Gasteiger partial charge in [-0.2, -0.15) is 5.10 Å². The number of piperazine rings is 1. The Kier molecular flexibility index (Phi) is 5.92. The Balaban J connectivity index is 1.30. The summed E-state index contributed by atoms with van der Waals surface area (Å²) in [5, 5.41) is 9.71. The van der Waals surface area contributed by atoms with Crippen LogP contribution in [-0.4, -0.2) is 68.3 Å². The van der Waals surface area contributed by atoms with Gasteiger partial charge >= 0.3 is 6.03 Å². The van der Waals surface area contributed by atoms with Crippen molar-refractivity contribution in [1.82, 2.24) is 29.5 Å². The molecule has 1 aliphatic rings. The summed E-state index contributed by atoms with van der Waals surface area (Å²) in [6, 6.07) is 6.89. The molecule has 3 aromatic rings. The van der Waals surface area contributed by atoms with E-state index in [1.165, 1.54) is 22.1 Å². The van der Waals surface area contributed by atoms with Crippen molar-refractivity contribution in [2.45, 2.75) is 6.54 Å². The van der Waals surface area contributed by atoms with Gasteiger partial charge in [0.15, 0.2) is 5.13 Å². The zero-order valence-corrected chi connectivity index (χ0v) is 16.6. The van der Waals surface area contributed by atoms with E-state index in [0.29, 0.717) is 31.3 Å². The summed E-state index contributed by atoms with van der Waals surface area (Å²) in [4.78, 5) is 36.6. The second-order valence-electron chi connectivity index (χ2n) is 6.62. The number of rotatable bonds is 5. The molecule has 4 rings (SSSR count). The first-order chi connectivity index (χ1) is 14.2. The molecule has 1 N–H and O–H groups in total. The summed E-state index contributed by atoms with van der Waals surface area (Å²) in [6.07, 6.45) is 5.10. The van der Waals surface area contributed by atoms with Gasteiger partial charge in [-0.15, -0.1) is 11.3 Å². The Morgan fingerprint density at radius 2 is 1.97 bits per heavy atom. The van der Waals surface area contributed by atoms with Crippen molar-refractivity contribution in [1.29, 1.82) is 0 Å². The van der Waals surface area contributed by atoms with Gasteiger partial charge < -0.3 is 4.90 Å². The minimum Gasteiger partial charge on any atom is -0.322 e. The summed E-state index contributed by atoms with van der Waals surface area (Å²) in [5.74, 6) is 0. The Morgan fingerprint density at radius 3 is 2.69 bits per heavy atom. The smallest absolute Gasteiger partial charge is 0.322 e. The average Bonchev–Trinajstić information content (AvgIpc) is 3.27. The van der Waals surface area contributed by atoms with Gasteiger partial charge in [0.1, 0.15) is 0 Å². The van der Waals surface area contributed by atoms with Gasteiger partial charge in [0.2, 0.25) is 0 Å². The molecule has 0 spiro atoms. The molecule has 0 atom stereocenters. The number of anilines is 1. The van der Waals surface area contributed by atoms with E-state index in [1.807, 2.05) is 17.5 Å². The van der Waals surface area contributed by atoms with E-state index in [-0.39, 0.29) is 11.6 Å². The predicted molar refractivity (Wildman–Crippen MR) is 111 cm³/mol. The summed E-state index contributed by atoms with van der Waals surface area (Å²) in [5.41, 5.74) is 1.47. The highest BCUT2D eigenvalue weighted by molar-refractivity contribution is 7.13. The number of carbonyl (C=O) groups excluding carboxylic acids is 1. The number of hydrogen-bond donors (Lipinski definition) is 1. The van der Waals surface area contributed by atoms with Crippen molar-refractivity contribution in [2.75, 3.05) is 38.0 Å². The van der Waals surface area contributed by atoms with Gasteiger partial charge in [0, 0.05) is 68.3 Å². The minimum absolute atomic E-state index is 0.123. The average molecular weight is 411 g/mol. The molecule has 1 fully saturated rings. The van der Waals surface area contributed by atoms with Crippen molar-refractivity contribution in [3.05, 3.63) is 58.6 Å². The van der Waals surface area contributed by atoms with Crippen LogP contribution in [0.5, 0.6) is 0 Å². The third kappa shape index (κ3) is 4.84. The van der Waals surface area contributed by atoms with E-state index >= 15 is 0 Å². The predicted octanol–water partition coefficient (Wildman–Crippen LogP) is 1.61. The van der Waals surface area contributed by atoms with Crippen molar-refractivity contribution < 1.29 is 4.79 Å². The highest BCUT2D eigenvalue weighted by atomic mass is 32.1. The molecule has 0 bridgehead atoms. The number of nitrogens with zero attached hydrogens (tertiary/aromatic N) is 6. The normalized spacial score (nSPS) is 14.7. The quantitative estimate of drug-likeness (QED) is 0.685. The highest BCUT2D eigenvalue weighted by Gasteiger charge is 2.21. The monoisotopic (exact) mass is 411 g/mol. The fourth-order valence-corrected chi connectivity index (χ4v) is 3.66. The van der Waals surface area contributed by atoms with Crippen molar-refractivity contribution in [2.24, 2.45) is 0 Å². The zero-order chi connectivity index (χ0) is 20.1. The standard InChI is InChI=1S/C19H21N7O2S/c27-17-4-3-16(15-2-1-5-20-14-15)23-26(17)12-9-24-7-10-25(11-8-24)19(28)22-18-21-6-13-29-18/h1-6,13-14H,7-12H2,(H,21,22,28). The Hall–Kier alpha value is -3.11. The third-order valence-corrected chi connectivity index (χ3v) is 5.45. The maximum atomic E-state index is 12.3. The highest BCUT2D eigenvalue weighted by Crippen LogP contribution is 2.13. The van der Waals surface area contributed by atoms with Gasteiger partial charge in [0.25, 0.3) is 5.56 Å². The number of amides is 2. The molecule has 2 amide bonds. The SMILES string of the molecule is O=C(Nc1nccs1)N1CCN(CCn2nc(-c3cccnc3)ccc2=O)CC1. The van der Waals surface area contributed by atoms with E-state index in [4.69, 9.17) is 0 Å². The molecule has 150 valence electrons. The molecule has 4 heterocycles. The topological polar surface area (TPSA) is 96.2 Å². The van der Waals surface area contributed by atoms with E-state index in [2.05, 4.69) is 25.3 Å². The summed E-state index contributed by atoms with van der Waals surface area (Å²) < 4.78 is 1.49. The number of pyridine rings is 1. The molecule has 10 heteroatoms. The molecule has 9 nitrogen and oxygen atoms in total. The maximum absolute atomic E-state index is 12.3. The van der Waals surface area contributed by atoms with Gasteiger partial charge in [-0.05, 0) is 18.2 Å². The van der Waals surface area contributed by atoms with Crippen LogP contribution in [-0.2, 0) is 6.54 Å². The lowest BCUT2D eigenvalue weighted by molar-refractivity contribution is 0.143. The second-order valence-corrected chi connectivity index (χ2v) is 7.51. The summed E-state index contributed by atoms with van der Waals surface area (Å²) in [6.45, 7) is 3.97. The van der Waals surface area contributed by atoms with E-state index in [9.17, 15) is 9.59 Å². The molecule has 3 aromatic heterocycles. The first-order valence-electron chi connectivity index (χ1n) is 9.35. The molecule has 29 heavy (non-hydrogen) atoms. The lowest BCUT2D eigenvalue weighted by atomic mass is 10.2. The van der Waals surface area contributed by atoms with Crippen LogP contribution in [0.1, 0.15) is 0 Å². The van der Waals surface area contributed by atoms with Crippen LogP contribution in [0, 0.1) is 0 Å². The van der Waals surface area contributed by atoms with Crippen LogP contribution in [0.4, 0.5) is 9.93 Å². The number of urea groups is 1. The molecule has 0 aliphatic carbocycles. The van der Waals surface area contributed by atoms with Crippen molar-refractivity contribution in [3.63, 3.8) is 0 Å². The van der Waals surface area contributed by atoms with E-state index in [0.717, 1.165) is 24.3 Å². The summed E-state index contributed by atoms with van der Waals surface area (Å²) >= 11 is 1.40. The van der Waals surface area contributed by atoms with Gasteiger partial charge in [-0.3, -0.25) is 20.0 Å². The second kappa shape index (κ2) is 8.93. The number of aromatic nitrogens is 4. The lowest BCUT2D eigenvalue weighted by Crippen LogP contribution is -2.50. The van der Waals surface area contributed by atoms with Gasteiger partial charge in [-0.1, -0.05) is 0 Å². The van der Waals surface area contributed by atoms with Crippen molar-refractivity contribution in [3.8, 4) is 11.3 Å². The fraction of sp³-hybridized carbons (Fsp3) is 0.316. The third-order valence-electron chi connectivity index (χ3n) is 4.76. The van der Waals surface area contributed by atoms with Crippen LogP contribution in [0.3, 0.4) is 0 Å².